The first-order valence-electron chi connectivity index (χ1n) is 7.70. The quantitative estimate of drug-likeness (QED) is 0.294. The van der Waals surface area contributed by atoms with Crippen LogP contribution >= 0.6 is 37.2 Å². The van der Waals surface area contributed by atoms with Gasteiger partial charge < -0.3 is 16.4 Å². The standard InChI is InChI=1S/C8H18.C7H18N6.3ClH/c1-7(2)5-6-8(3)4;1-13(2)5-3-4-11-7(10)12-6(8)9;;;/h7-8H,5-6H2,1-4H3;3-5H2,1-2H3,(H6,8,9,10,11,12);3*1H. The minimum absolute atomic E-state index is 0. The van der Waals surface area contributed by atoms with Gasteiger partial charge in [-0.2, -0.15) is 0 Å². The van der Waals surface area contributed by atoms with Gasteiger partial charge in [-0.15, -0.1) is 37.2 Å². The van der Waals surface area contributed by atoms with E-state index < -0.39 is 0 Å². The summed E-state index contributed by atoms with van der Waals surface area (Å²) in [7, 11) is 4.00. The van der Waals surface area contributed by atoms with Gasteiger partial charge in [0.05, 0.1) is 0 Å². The molecule has 9 heteroatoms. The van der Waals surface area contributed by atoms with Crippen LogP contribution < -0.4 is 16.8 Å². The Balaban J connectivity index is -0.0000000968. The maximum absolute atomic E-state index is 6.87. The smallest absolute Gasteiger partial charge is 0.195 e. The fraction of sp³-hybridized carbons (Fsp3) is 0.867. The molecule has 0 saturated heterocycles. The molecule has 150 valence electrons. The molecule has 0 bridgehead atoms. The van der Waals surface area contributed by atoms with E-state index in [1.54, 1.807) is 0 Å². The summed E-state index contributed by atoms with van der Waals surface area (Å²) in [6, 6.07) is 0. The minimum Gasteiger partial charge on any atom is -0.370 e. The maximum Gasteiger partial charge on any atom is 0.195 e. The number of guanidine groups is 2. The number of hydrogen-bond donors (Lipinski definition) is 4. The average molecular weight is 410 g/mol. The maximum atomic E-state index is 6.87. The average Bonchev–Trinajstić information content (AvgIpc) is 2.32. The summed E-state index contributed by atoms with van der Waals surface area (Å²) in [5, 5.41) is 9.28. The van der Waals surface area contributed by atoms with E-state index in [-0.39, 0.29) is 49.1 Å². The SMILES string of the molecule is CC(C)CCC(C)C.CN(C)CCCN=C(N)NC(=N)N.Cl.Cl.Cl. The molecule has 6 nitrogen and oxygen atoms in total. The van der Waals surface area contributed by atoms with Crippen molar-refractivity contribution in [2.75, 3.05) is 27.2 Å². The van der Waals surface area contributed by atoms with Crippen LogP contribution in [0.5, 0.6) is 0 Å². The predicted molar refractivity (Wildman–Crippen MR) is 115 cm³/mol. The lowest BCUT2D eigenvalue weighted by Gasteiger charge is -2.07. The van der Waals surface area contributed by atoms with Crippen molar-refractivity contribution < 1.29 is 0 Å². The molecule has 0 aromatic heterocycles. The van der Waals surface area contributed by atoms with Crippen molar-refractivity contribution in [1.82, 2.24) is 10.2 Å². The summed E-state index contributed by atoms with van der Waals surface area (Å²) in [6.07, 6.45) is 3.71. The highest BCUT2D eigenvalue weighted by Crippen LogP contribution is 2.09. The van der Waals surface area contributed by atoms with Crippen LogP contribution in [0.2, 0.25) is 0 Å². The van der Waals surface area contributed by atoms with Crippen molar-refractivity contribution in [2.24, 2.45) is 28.3 Å². The lowest BCUT2D eigenvalue weighted by Crippen LogP contribution is -2.40. The molecule has 0 rings (SSSR count). The zero-order chi connectivity index (χ0) is 16.8. The van der Waals surface area contributed by atoms with Crippen LogP contribution in [-0.4, -0.2) is 44.0 Å². The van der Waals surface area contributed by atoms with Gasteiger partial charge in [-0.1, -0.05) is 40.5 Å². The molecule has 0 aromatic rings. The molecule has 6 N–H and O–H groups in total. The van der Waals surface area contributed by atoms with Crippen LogP contribution in [0.25, 0.3) is 0 Å². The fourth-order valence-corrected chi connectivity index (χ4v) is 1.43. The molecular formula is C15H39Cl3N6. The summed E-state index contributed by atoms with van der Waals surface area (Å²) >= 11 is 0. The lowest BCUT2D eigenvalue weighted by molar-refractivity contribution is 0.403. The van der Waals surface area contributed by atoms with Crippen molar-refractivity contribution in [2.45, 2.75) is 47.0 Å². The van der Waals surface area contributed by atoms with Crippen molar-refractivity contribution in [3.8, 4) is 0 Å². The van der Waals surface area contributed by atoms with Crippen LogP contribution in [0.4, 0.5) is 0 Å². The second-order valence-corrected chi connectivity index (χ2v) is 6.33. The molecule has 0 aliphatic carbocycles. The highest BCUT2D eigenvalue weighted by Gasteiger charge is 1.96. The molecule has 0 aliphatic heterocycles. The van der Waals surface area contributed by atoms with Gasteiger partial charge in [0.25, 0.3) is 0 Å². The minimum atomic E-state index is -0.186. The third-order valence-electron chi connectivity index (χ3n) is 2.63. The Morgan fingerprint density at radius 2 is 1.42 bits per heavy atom. The number of nitrogens with zero attached hydrogens (tertiary/aromatic N) is 2. The molecule has 0 fully saturated rings. The van der Waals surface area contributed by atoms with Gasteiger partial charge in [0.2, 0.25) is 0 Å². The molecule has 0 heterocycles. The molecule has 0 spiro atoms. The Kier molecular flexibility index (Phi) is 32.7. The Morgan fingerprint density at radius 3 is 1.71 bits per heavy atom. The van der Waals surface area contributed by atoms with E-state index in [1.807, 2.05) is 14.1 Å². The van der Waals surface area contributed by atoms with Crippen LogP contribution in [0.15, 0.2) is 4.99 Å². The molecule has 0 radical (unpaired) electrons. The molecular weight excluding hydrogens is 371 g/mol. The van der Waals surface area contributed by atoms with Gasteiger partial charge in [0.15, 0.2) is 11.9 Å². The Labute approximate surface area is 167 Å². The van der Waals surface area contributed by atoms with E-state index in [1.165, 1.54) is 12.8 Å². The number of nitrogens with one attached hydrogen (secondary N) is 2. The number of aliphatic imine (C=N–C) groups is 1. The van der Waals surface area contributed by atoms with E-state index in [0.29, 0.717) is 6.54 Å². The largest absolute Gasteiger partial charge is 0.370 e. The van der Waals surface area contributed by atoms with Gasteiger partial charge >= 0.3 is 0 Å². The van der Waals surface area contributed by atoms with Crippen molar-refractivity contribution in [3.63, 3.8) is 0 Å². The Morgan fingerprint density at radius 1 is 1.00 bits per heavy atom. The Bertz CT molecular complexity index is 289. The van der Waals surface area contributed by atoms with E-state index in [2.05, 4.69) is 42.9 Å². The number of nitrogens with two attached hydrogens (primary N) is 2. The highest BCUT2D eigenvalue weighted by molar-refractivity contribution is 5.95. The first-order chi connectivity index (χ1) is 9.65. The molecule has 0 saturated carbocycles. The van der Waals surface area contributed by atoms with E-state index in [0.717, 1.165) is 24.8 Å². The predicted octanol–water partition coefficient (Wildman–Crippen LogP) is 3.08. The zero-order valence-corrected chi connectivity index (χ0v) is 18.4. The summed E-state index contributed by atoms with van der Waals surface area (Å²) in [6.45, 7) is 10.7. The molecule has 0 amide bonds. The van der Waals surface area contributed by atoms with Gasteiger partial charge in [-0.05, 0) is 38.9 Å². The Hall–Kier alpha value is -0.430. The zero-order valence-electron chi connectivity index (χ0n) is 16.0. The van der Waals surface area contributed by atoms with Gasteiger partial charge in [-0.25, -0.2) is 0 Å². The summed E-state index contributed by atoms with van der Waals surface area (Å²) in [5.74, 6) is 1.79. The monoisotopic (exact) mass is 408 g/mol. The summed E-state index contributed by atoms with van der Waals surface area (Å²) < 4.78 is 0. The topological polar surface area (TPSA) is 104 Å². The number of halogens is 3. The van der Waals surface area contributed by atoms with E-state index in [9.17, 15) is 0 Å². The first-order valence-corrected chi connectivity index (χ1v) is 7.70. The lowest BCUT2D eigenvalue weighted by atomic mass is 10.0. The van der Waals surface area contributed by atoms with Gasteiger partial charge in [0, 0.05) is 6.54 Å². The third kappa shape index (κ3) is 37.6. The third-order valence-corrected chi connectivity index (χ3v) is 2.63. The van der Waals surface area contributed by atoms with Crippen LogP contribution in [-0.2, 0) is 0 Å². The highest BCUT2D eigenvalue weighted by atomic mass is 35.5. The molecule has 0 unspecified atom stereocenters. The van der Waals surface area contributed by atoms with Crippen LogP contribution in [0.3, 0.4) is 0 Å². The summed E-state index contributed by atoms with van der Waals surface area (Å²) in [4.78, 5) is 6.05. The van der Waals surface area contributed by atoms with Crippen LogP contribution in [0, 0.1) is 17.2 Å². The van der Waals surface area contributed by atoms with Gasteiger partial charge in [-0.3, -0.25) is 15.7 Å². The van der Waals surface area contributed by atoms with Gasteiger partial charge in [0.1, 0.15) is 0 Å². The second-order valence-electron chi connectivity index (χ2n) is 6.33. The number of hydrogen-bond acceptors (Lipinski definition) is 3. The molecule has 0 aromatic carbocycles. The fourth-order valence-electron chi connectivity index (χ4n) is 1.43. The van der Waals surface area contributed by atoms with Crippen LogP contribution in [0.1, 0.15) is 47.0 Å². The van der Waals surface area contributed by atoms with E-state index in [4.69, 9.17) is 16.9 Å². The van der Waals surface area contributed by atoms with Crippen molar-refractivity contribution in [3.05, 3.63) is 0 Å². The van der Waals surface area contributed by atoms with Crippen molar-refractivity contribution in [1.29, 1.82) is 5.41 Å². The normalized spacial score (nSPS) is 10.1. The second kappa shape index (κ2) is 22.6. The first kappa shape index (κ1) is 34.8. The van der Waals surface area contributed by atoms with Crippen molar-refractivity contribution >= 4 is 49.1 Å². The van der Waals surface area contributed by atoms with E-state index >= 15 is 0 Å². The molecule has 24 heavy (non-hydrogen) atoms. The number of rotatable bonds is 7. The molecule has 0 atom stereocenters. The molecule has 0 aliphatic rings. The summed E-state index contributed by atoms with van der Waals surface area (Å²) in [5.41, 5.74) is 10.4.